The van der Waals surface area contributed by atoms with Crippen molar-refractivity contribution in [1.29, 1.82) is 0 Å². The van der Waals surface area contributed by atoms with Crippen LogP contribution in [0.25, 0.3) is 4.96 Å². The van der Waals surface area contributed by atoms with Crippen molar-refractivity contribution in [3.63, 3.8) is 0 Å². The second kappa shape index (κ2) is 5.90. The monoisotopic (exact) mass is 308 g/mol. The zero-order chi connectivity index (χ0) is 14.8. The van der Waals surface area contributed by atoms with E-state index in [0.717, 1.165) is 19.3 Å². The van der Waals surface area contributed by atoms with Crippen LogP contribution in [0.4, 0.5) is 0 Å². The van der Waals surface area contributed by atoms with Crippen LogP contribution in [0.15, 0.2) is 16.4 Å². The summed E-state index contributed by atoms with van der Waals surface area (Å²) in [5, 5.41) is 16.3. The number of hydrogen-bond donors (Lipinski definition) is 2. The molecule has 0 amide bonds. The molecule has 0 bridgehead atoms. The number of aliphatic carboxylic acids is 1. The molecule has 2 aromatic rings. The van der Waals surface area contributed by atoms with Crippen LogP contribution in [-0.2, 0) is 11.3 Å². The minimum absolute atomic E-state index is 0.163. The Bertz CT molecular complexity index is 711. The first-order valence-corrected chi connectivity index (χ1v) is 7.79. The third-order valence-corrected chi connectivity index (χ3v) is 4.60. The van der Waals surface area contributed by atoms with Crippen LogP contribution in [0.1, 0.15) is 25.0 Å². The number of carbonyl (C=O) groups is 1. The van der Waals surface area contributed by atoms with Gasteiger partial charge >= 0.3 is 5.97 Å². The molecule has 0 aromatic carbocycles. The molecule has 1 aliphatic rings. The lowest BCUT2D eigenvalue weighted by Gasteiger charge is -2.16. The fraction of sp³-hybridized carbons (Fsp3) is 0.538. The minimum atomic E-state index is -0.707. The maximum Gasteiger partial charge on any atom is 0.306 e. The fourth-order valence-electron chi connectivity index (χ4n) is 2.88. The van der Waals surface area contributed by atoms with Gasteiger partial charge in [0.2, 0.25) is 4.96 Å². The van der Waals surface area contributed by atoms with Crippen molar-refractivity contribution in [2.45, 2.75) is 25.8 Å². The van der Waals surface area contributed by atoms with Gasteiger partial charge in [-0.05, 0) is 25.3 Å². The Balaban J connectivity index is 1.61. The third-order valence-electron chi connectivity index (χ3n) is 3.93. The first-order valence-electron chi connectivity index (χ1n) is 6.91. The molecule has 0 aliphatic heterocycles. The van der Waals surface area contributed by atoms with Crippen molar-refractivity contribution in [2.75, 3.05) is 6.54 Å². The molecule has 21 heavy (non-hydrogen) atoms. The predicted octanol–water partition coefficient (Wildman–Crippen LogP) is 0.742. The molecule has 0 spiro atoms. The second-order valence-electron chi connectivity index (χ2n) is 5.29. The molecule has 2 atom stereocenters. The van der Waals surface area contributed by atoms with Gasteiger partial charge in [-0.25, -0.2) is 4.98 Å². The molecule has 0 saturated heterocycles. The van der Waals surface area contributed by atoms with Crippen LogP contribution < -0.4 is 10.9 Å². The summed E-state index contributed by atoms with van der Waals surface area (Å²) in [6, 6.07) is 1.46. The third kappa shape index (κ3) is 2.96. The molecule has 2 unspecified atom stereocenters. The normalized spacial score (nSPS) is 21.9. The number of rotatable bonds is 5. The van der Waals surface area contributed by atoms with Gasteiger partial charge in [0, 0.05) is 12.6 Å². The standard InChI is InChI=1S/C13H16N4O3S/c18-11-4-9(16-13-17(11)15-7-21-13)6-14-5-8-2-1-3-10(8)12(19)20/h4,7-8,10,14H,1-3,5-6H2,(H,19,20). The van der Waals surface area contributed by atoms with Crippen molar-refractivity contribution in [2.24, 2.45) is 11.8 Å². The lowest BCUT2D eigenvalue weighted by molar-refractivity contribution is -0.142. The number of carboxylic acid groups (broad SMARTS) is 1. The van der Waals surface area contributed by atoms with Crippen molar-refractivity contribution in [3.05, 3.63) is 27.6 Å². The highest BCUT2D eigenvalue weighted by Gasteiger charge is 2.32. The summed E-state index contributed by atoms with van der Waals surface area (Å²) in [6.07, 6.45) is 2.66. The summed E-state index contributed by atoms with van der Waals surface area (Å²) in [5.74, 6) is -0.794. The molecular formula is C13H16N4O3S. The van der Waals surface area contributed by atoms with Gasteiger partial charge in [0.05, 0.1) is 11.6 Å². The van der Waals surface area contributed by atoms with Gasteiger partial charge in [-0.15, -0.1) is 0 Å². The molecule has 0 radical (unpaired) electrons. The zero-order valence-corrected chi connectivity index (χ0v) is 12.2. The Hall–Kier alpha value is -1.80. The van der Waals surface area contributed by atoms with Crippen LogP contribution in [0, 0.1) is 11.8 Å². The molecule has 1 fully saturated rings. The van der Waals surface area contributed by atoms with Crippen LogP contribution in [0.2, 0.25) is 0 Å². The van der Waals surface area contributed by atoms with Crippen molar-refractivity contribution in [1.82, 2.24) is 19.9 Å². The smallest absolute Gasteiger partial charge is 0.306 e. The average Bonchev–Trinajstić information content (AvgIpc) is 3.07. The van der Waals surface area contributed by atoms with E-state index in [0.29, 0.717) is 23.7 Å². The molecular weight excluding hydrogens is 292 g/mol. The van der Waals surface area contributed by atoms with Gasteiger partial charge in [-0.1, -0.05) is 17.8 Å². The fourth-order valence-corrected chi connectivity index (χ4v) is 3.53. The van der Waals surface area contributed by atoms with E-state index in [1.807, 2.05) is 0 Å². The van der Waals surface area contributed by atoms with E-state index >= 15 is 0 Å². The summed E-state index contributed by atoms with van der Waals surface area (Å²) < 4.78 is 1.27. The number of fused-ring (bicyclic) bond motifs is 1. The molecule has 1 saturated carbocycles. The SMILES string of the molecule is O=C(O)C1CCCC1CNCc1cc(=O)n2ncsc2n1. The van der Waals surface area contributed by atoms with E-state index in [9.17, 15) is 9.59 Å². The number of hydrogen-bond acceptors (Lipinski definition) is 6. The highest BCUT2D eigenvalue weighted by atomic mass is 32.1. The number of carboxylic acids is 1. The van der Waals surface area contributed by atoms with E-state index < -0.39 is 5.97 Å². The lowest BCUT2D eigenvalue weighted by atomic mass is 9.96. The van der Waals surface area contributed by atoms with Crippen molar-refractivity contribution < 1.29 is 9.90 Å². The molecule has 2 aromatic heterocycles. The molecule has 8 heteroatoms. The topological polar surface area (TPSA) is 96.6 Å². The number of aromatic nitrogens is 3. The lowest BCUT2D eigenvalue weighted by Crippen LogP contribution is -2.29. The van der Waals surface area contributed by atoms with Crippen LogP contribution in [0.5, 0.6) is 0 Å². The van der Waals surface area contributed by atoms with Gasteiger partial charge in [0.15, 0.2) is 0 Å². The highest BCUT2D eigenvalue weighted by Crippen LogP contribution is 2.31. The van der Waals surface area contributed by atoms with Gasteiger partial charge < -0.3 is 10.4 Å². The van der Waals surface area contributed by atoms with Crippen LogP contribution >= 0.6 is 11.3 Å². The number of nitrogens with zero attached hydrogens (tertiary/aromatic N) is 3. The maximum absolute atomic E-state index is 11.8. The Labute approximate surface area is 124 Å². The summed E-state index contributed by atoms with van der Waals surface area (Å²) in [4.78, 5) is 27.8. The van der Waals surface area contributed by atoms with E-state index in [1.165, 1.54) is 21.9 Å². The maximum atomic E-state index is 11.8. The Kier molecular flexibility index (Phi) is 3.98. The van der Waals surface area contributed by atoms with Crippen molar-refractivity contribution >= 4 is 22.3 Å². The first kappa shape index (κ1) is 14.2. The summed E-state index contributed by atoms with van der Waals surface area (Å²) in [5.41, 5.74) is 2.05. The molecule has 7 nitrogen and oxygen atoms in total. The van der Waals surface area contributed by atoms with E-state index in [-0.39, 0.29) is 17.4 Å². The zero-order valence-electron chi connectivity index (χ0n) is 11.4. The summed E-state index contributed by atoms with van der Waals surface area (Å²) in [7, 11) is 0. The van der Waals surface area contributed by atoms with E-state index in [2.05, 4.69) is 15.4 Å². The molecule has 3 rings (SSSR count). The minimum Gasteiger partial charge on any atom is -0.481 e. The molecule has 1 aliphatic carbocycles. The van der Waals surface area contributed by atoms with Gasteiger partial charge in [-0.3, -0.25) is 9.59 Å². The quantitative estimate of drug-likeness (QED) is 0.846. The molecule has 2 heterocycles. The van der Waals surface area contributed by atoms with Gasteiger partial charge in [0.1, 0.15) is 5.51 Å². The van der Waals surface area contributed by atoms with Gasteiger partial charge in [0.25, 0.3) is 5.56 Å². The van der Waals surface area contributed by atoms with Crippen LogP contribution in [0.3, 0.4) is 0 Å². The van der Waals surface area contributed by atoms with E-state index in [1.54, 1.807) is 5.51 Å². The Morgan fingerprint density at radius 1 is 1.52 bits per heavy atom. The van der Waals surface area contributed by atoms with Gasteiger partial charge in [-0.2, -0.15) is 9.61 Å². The Morgan fingerprint density at radius 2 is 2.38 bits per heavy atom. The van der Waals surface area contributed by atoms with Crippen LogP contribution in [-0.4, -0.2) is 32.2 Å². The average molecular weight is 308 g/mol. The Morgan fingerprint density at radius 3 is 3.19 bits per heavy atom. The largest absolute Gasteiger partial charge is 0.481 e. The van der Waals surface area contributed by atoms with E-state index in [4.69, 9.17) is 5.11 Å². The predicted molar refractivity (Wildman–Crippen MR) is 77.3 cm³/mol. The second-order valence-corrected chi connectivity index (χ2v) is 6.10. The first-order chi connectivity index (χ1) is 10.1. The van der Waals surface area contributed by atoms with Crippen molar-refractivity contribution in [3.8, 4) is 0 Å². The highest BCUT2D eigenvalue weighted by molar-refractivity contribution is 7.14. The molecule has 112 valence electrons. The number of nitrogens with one attached hydrogen (secondary N) is 1. The summed E-state index contributed by atoms with van der Waals surface area (Å²) >= 11 is 1.31. The molecule has 2 N–H and O–H groups in total. The summed E-state index contributed by atoms with van der Waals surface area (Å²) in [6.45, 7) is 1.10.